The van der Waals surface area contributed by atoms with Gasteiger partial charge in [0.1, 0.15) is 13.2 Å². The highest BCUT2D eigenvalue weighted by molar-refractivity contribution is 5.87. The standard InChI is InChI=1S/C18H21F3O4/c1-4-17(2,3)16(23)25-12-11-24-15(22)10-7-13-5-8-14(9-6-13)18(19,20)21/h5-10H,4,11-12H2,1-3H3/b10-7+. The first-order valence-corrected chi connectivity index (χ1v) is 7.75. The van der Waals surface area contributed by atoms with Gasteiger partial charge in [-0.05, 0) is 44.0 Å². The second-order valence-corrected chi connectivity index (χ2v) is 5.99. The van der Waals surface area contributed by atoms with Crippen LogP contribution in [0.3, 0.4) is 0 Å². The summed E-state index contributed by atoms with van der Waals surface area (Å²) in [5, 5.41) is 0. The van der Waals surface area contributed by atoms with Crippen LogP contribution in [-0.4, -0.2) is 25.2 Å². The van der Waals surface area contributed by atoms with Gasteiger partial charge in [-0.15, -0.1) is 0 Å². The summed E-state index contributed by atoms with van der Waals surface area (Å²) in [4.78, 5) is 23.2. The molecule has 0 N–H and O–H groups in total. The van der Waals surface area contributed by atoms with E-state index in [1.54, 1.807) is 13.8 Å². The van der Waals surface area contributed by atoms with E-state index in [0.717, 1.165) is 18.2 Å². The van der Waals surface area contributed by atoms with Crippen molar-refractivity contribution in [2.75, 3.05) is 13.2 Å². The van der Waals surface area contributed by atoms with E-state index in [2.05, 4.69) is 0 Å². The molecule has 0 unspecified atom stereocenters. The fourth-order valence-electron chi connectivity index (χ4n) is 1.61. The number of ether oxygens (including phenoxy) is 2. The first-order chi connectivity index (χ1) is 11.6. The van der Waals surface area contributed by atoms with Crippen LogP contribution in [0.25, 0.3) is 6.08 Å². The first kappa shape index (κ1) is 20.7. The first-order valence-electron chi connectivity index (χ1n) is 7.75. The molecule has 0 heterocycles. The van der Waals surface area contributed by atoms with Crippen molar-refractivity contribution < 1.29 is 32.2 Å². The van der Waals surface area contributed by atoms with Crippen LogP contribution < -0.4 is 0 Å². The molecule has 25 heavy (non-hydrogen) atoms. The van der Waals surface area contributed by atoms with Gasteiger partial charge in [-0.1, -0.05) is 19.1 Å². The van der Waals surface area contributed by atoms with Gasteiger partial charge < -0.3 is 9.47 Å². The maximum atomic E-state index is 12.4. The molecule has 0 aliphatic heterocycles. The van der Waals surface area contributed by atoms with E-state index in [-0.39, 0.29) is 19.2 Å². The molecule has 0 aliphatic carbocycles. The zero-order chi connectivity index (χ0) is 19.1. The Hall–Kier alpha value is -2.31. The van der Waals surface area contributed by atoms with Gasteiger partial charge in [0.05, 0.1) is 11.0 Å². The predicted molar refractivity (Wildman–Crippen MR) is 86.5 cm³/mol. The number of esters is 2. The Morgan fingerprint density at radius 1 is 1.04 bits per heavy atom. The van der Waals surface area contributed by atoms with E-state index in [4.69, 9.17) is 9.47 Å². The number of carbonyl (C=O) groups excluding carboxylic acids is 2. The molecule has 0 saturated carbocycles. The lowest BCUT2D eigenvalue weighted by atomic mass is 9.91. The molecule has 1 aromatic rings. The van der Waals surface area contributed by atoms with Crippen LogP contribution in [0.2, 0.25) is 0 Å². The average Bonchev–Trinajstić information content (AvgIpc) is 2.56. The maximum Gasteiger partial charge on any atom is 0.416 e. The van der Waals surface area contributed by atoms with Gasteiger partial charge in [0, 0.05) is 6.08 Å². The van der Waals surface area contributed by atoms with Gasteiger partial charge in [0.2, 0.25) is 0 Å². The van der Waals surface area contributed by atoms with Crippen LogP contribution in [0.1, 0.15) is 38.3 Å². The lowest BCUT2D eigenvalue weighted by Gasteiger charge is -2.20. The Kier molecular flexibility index (Phi) is 7.21. The molecule has 0 amide bonds. The molecule has 1 aromatic carbocycles. The summed E-state index contributed by atoms with van der Waals surface area (Å²) >= 11 is 0. The van der Waals surface area contributed by atoms with Gasteiger partial charge in [0.25, 0.3) is 0 Å². The van der Waals surface area contributed by atoms with Crippen molar-refractivity contribution in [3.8, 4) is 0 Å². The number of halogens is 3. The molecule has 0 bridgehead atoms. The molecule has 0 radical (unpaired) electrons. The van der Waals surface area contributed by atoms with Crippen molar-refractivity contribution >= 4 is 18.0 Å². The van der Waals surface area contributed by atoms with Crippen molar-refractivity contribution in [3.05, 3.63) is 41.5 Å². The molecule has 7 heteroatoms. The number of benzene rings is 1. The minimum atomic E-state index is -4.40. The molecule has 4 nitrogen and oxygen atoms in total. The lowest BCUT2D eigenvalue weighted by molar-refractivity contribution is -0.157. The third kappa shape index (κ3) is 6.99. The van der Waals surface area contributed by atoms with Crippen LogP contribution in [0.4, 0.5) is 13.2 Å². The lowest BCUT2D eigenvalue weighted by Crippen LogP contribution is -2.27. The fraction of sp³-hybridized carbons (Fsp3) is 0.444. The van der Waals surface area contributed by atoms with Crippen molar-refractivity contribution in [2.45, 2.75) is 33.4 Å². The normalized spacial score (nSPS) is 12.2. The quantitative estimate of drug-likeness (QED) is 0.416. The van der Waals surface area contributed by atoms with Crippen LogP contribution in [0, 0.1) is 5.41 Å². The van der Waals surface area contributed by atoms with E-state index in [1.807, 2.05) is 6.92 Å². The summed E-state index contributed by atoms with van der Waals surface area (Å²) in [6.07, 6.45) is -1.33. The van der Waals surface area contributed by atoms with Crippen molar-refractivity contribution in [1.82, 2.24) is 0 Å². The second-order valence-electron chi connectivity index (χ2n) is 5.99. The molecule has 0 saturated heterocycles. The van der Waals surface area contributed by atoms with Gasteiger partial charge in [-0.3, -0.25) is 4.79 Å². The average molecular weight is 358 g/mol. The zero-order valence-corrected chi connectivity index (χ0v) is 14.4. The number of hydrogen-bond donors (Lipinski definition) is 0. The summed E-state index contributed by atoms with van der Waals surface area (Å²) in [5.41, 5.74) is -0.919. The number of rotatable bonds is 7. The molecular formula is C18H21F3O4. The summed E-state index contributed by atoms with van der Waals surface area (Å²) < 4.78 is 47.2. The molecule has 0 spiro atoms. The largest absolute Gasteiger partial charge is 0.462 e. The SMILES string of the molecule is CCC(C)(C)C(=O)OCCOC(=O)/C=C/c1ccc(C(F)(F)F)cc1. The fourth-order valence-corrected chi connectivity index (χ4v) is 1.61. The van der Waals surface area contributed by atoms with Gasteiger partial charge >= 0.3 is 18.1 Å². The minimum absolute atomic E-state index is 0.0534. The topological polar surface area (TPSA) is 52.6 Å². The van der Waals surface area contributed by atoms with Crippen LogP contribution in [-0.2, 0) is 25.2 Å². The van der Waals surface area contributed by atoms with E-state index >= 15 is 0 Å². The van der Waals surface area contributed by atoms with E-state index in [1.165, 1.54) is 18.2 Å². The summed E-state index contributed by atoms with van der Waals surface area (Å²) in [7, 11) is 0. The maximum absolute atomic E-state index is 12.4. The third-order valence-corrected chi connectivity index (χ3v) is 3.65. The molecule has 0 aromatic heterocycles. The second kappa shape index (κ2) is 8.69. The Morgan fingerprint density at radius 2 is 1.60 bits per heavy atom. The van der Waals surface area contributed by atoms with Crippen LogP contribution >= 0.6 is 0 Å². The molecule has 138 valence electrons. The van der Waals surface area contributed by atoms with E-state index < -0.39 is 23.1 Å². The summed E-state index contributed by atoms with van der Waals surface area (Å²) in [6.45, 7) is 5.24. The molecule has 0 fully saturated rings. The minimum Gasteiger partial charge on any atom is -0.462 e. The van der Waals surface area contributed by atoms with E-state index in [0.29, 0.717) is 12.0 Å². The molecule has 0 aliphatic rings. The smallest absolute Gasteiger partial charge is 0.416 e. The van der Waals surface area contributed by atoms with Crippen molar-refractivity contribution in [1.29, 1.82) is 0 Å². The van der Waals surface area contributed by atoms with Gasteiger partial charge in [0.15, 0.2) is 0 Å². The monoisotopic (exact) mass is 358 g/mol. The zero-order valence-electron chi connectivity index (χ0n) is 14.4. The highest BCUT2D eigenvalue weighted by Crippen LogP contribution is 2.29. The van der Waals surface area contributed by atoms with Crippen molar-refractivity contribution in [3.63, 3.8) is 0 Å². The van der Waals surface area contributed by atoms with Crippen LogP contribution in [0.5, 0.6) is 0 Å². The number of carbonyl (C=O) groups is 2. The Bertz CT molecular complexity index is 616. The predicted octanol–water partition coefficient (Wildman–Crippen LogP) is 4.24. The Balaban J connectivity index is 2.39. The van der Waals surface area contributed by atoms with Gasteiger partial charge in [-0.25, -0.2) is 4.79 Å². The highest BCUT2D eigenvalue weighted by atomic mass is 19.4. The van der Waals surface area contributed by atoms with Gasteiger partial charge in [-0.2, -0.15) is 13.2 Å². The molecular weight excluding hydrogens is 337 g/mol. The van der Waals surface area contributed by atoms with Crippen molar-refractivity contribution in [2.24, 2.45) is 5.41 Å². The number of alkyl halides is 3. The third-order valence-electron chi connectivity index (χ3n) is 3.65. The summed E-state index contributed by atoms with van der Waals surface area (Å²) in [6, 6.07) is 4.36. The van der Waals surface area contributed by atoms with Crippen LogP contribution in [0.15, 0.2) is 30.3 Å². The number of hydrogen-bond acceptors (Lipinski definition) is 4. The molecule has 1 rings (SSSR count). The highest BCUT2D eigenvalue weighted by Gasteiger charge is 2.29. The molecule has 0 atom stereocenters. The summed E-state index contributed by atoms with van der Waals surface area (Å²) in [5.74, 6) is -1.04. The Morgan fingerprint density at radius 3 is 2.12 bits per heavy atom. The van der Waals surface area contributed by atoms with E-state index in [9.17, 15) is 22.8 Å². The Labute approximate surface area is 144 Å².